The largest absolute Gasteiger partial charge is 0.493 e. The Morgan fingerprint density at radius 3 is 2.55 bits per heavy atom. The van der Waals surface area contributed by atoms with Crippen molar-refractivity contribution >= 4 is 11.8 Å². The molecular weight excluding hydrogens is 368 g/mol. The van der Waals surface area contributed by atoms with Gasteiger partial charge in [-0.2, -0.15) is 5.10 Å². The number of aryl methyl sites for hydroxylation is 2. The average molecular weight is 390 g/mol. The Bertz CT molecular complexity index is 1040. The zero-order valence-electron chi connectivity index (χ0n) is 16.3. The summed E-state index contributed by atoms with van der Waals surface area (Å²) in [5.41, 5.74) is 3.92. The van der Waals surface area contributed by atoms with E-state index in [0.717, 1.165) is 24.9 Å². The van der Waals surface area contributed by atoms with Gasteiger partial charge < -0.3 is 9.47 Å². The van der Waals surface area contributed by atoms with Crippen molar-refractivity contribution in [2.24, 2.45) is 0 Å². The maximum Gasteiger partial charge on any atom is 0.363 e. The van der Waals surface area contributed by atoms with E-state index in [1.165, 1.54) is 24.7 Å². The first-order chi connectivity index (χ1) is 14.2. The zero-order valence-corrected chi connectivity index (χ0v) is 16.3. The lowest BCUT2D eigenvalue weighted by Gasteiger charge is -2.16. The molecular formula is C23H22N2O4. The van der Waals surface area contributed by atoms with E-state index in [1.807, 2.05) is 48.5 Å². The van der Waals surface area contributed by atoms with E-state index in [-0.39, 0.29) is 18.1 Å². The number of carbonyl (C=O) groups excluding carboxylic acids is 2. The average Bonchev–Trinajstić information content (AvgIpc) is 3.22. The Labute approximate surface area is 169 Å². The third-order valence-electron chi connectivity index (χ3n) is 5.12. The van der Waals surface area contributed by atoms with Crippen LogP contribution in [0.5, 0.6) is 5.75 Å². The Kier molecular flexibility index (Phi) is 5.42. The zero-order chi connectivity index (χ0) is 20.2. The molecule has 4 rings (SSSR count). The smallest absolute Gasteiger partial charge is 0.363 e. The van der Waals surface area contributed by atoms with Gasteiger partial charge in [0.05, 0.1) is 19.0 Å². The molecule has 148 valence electrons. The minimum absolute atomic E-state index is 0.0367. The van der Waals surface area contributed by atoms with Gasteiger partial charge in [-0.1, -0.05) is 30.3 Å². The number of hydrogen-bond donors (Lipinski definition) is 0. The lowest BCUT2D eigenvalue weighted by Crippen LogP contribution is -2.16. The molecule has 0 fully saturated rings. The second-order valence-electron chi connectivity index (χ2n) is 7.02. The highest BCUT2D eigenvalue weighted by atomic mass is 16.5. The number of hydrogen-bond acceptors (Lipinski definition) is 5. The first kappa shape index (κ1) is 18.9. The predicted molar refractivity (Wildman–Crippen MR) is 108 cm³/mol. The molecule has 0 atom stereocenters. The number of benzene rings is 2. The van der Waals surface area contributed by atoms with Crippen LogP contribution in [0, 0.1) is 0 Å². The van der Waals surface area contributed by atoms with E-state index in [4.69, 9.17) is 9.47 Å². The molecule has 0 amide bonds. The highest BCUT2D eigenvalue weighted by Crippen LogP contribution is 2.23. The summed E-state index contributed by atoms with van der Waals surface area (Å²) in [5.74, 6) is -0.629. The van der Waals surface area contributed by atoms with Crippen LogP contribution in [0.25, 0.3) is 5.69 Å². The normalized spacial score (nSPS) is 12.9. The number of aromatic nitrogens is 2. The van der Waals surface area contributed by atoms with Crippen molar-refractivity contribution in [2.75, 3.05) is 13.7 Å². The van der Waals surface area contributed by atoms with Gasteiger partial charge in [-0.3, -0.25) is 4.79 Å². The summed E-state index contributed by atoms with van der Waals surface area (Å²) in [6.45, 7) is -0.334. The number of esters is 1. The van der Waals surface area contributed by atoms with Crippen molar-refractivity contribution < 1.29 is 19.1 Å². The van der Waals surface area contributed by atoms with E-state index in [0.29, 0.717) is 11.3 Å². The fraction of sp³-hybridized carbons (Fsp3) is 0.261. The van der Waals surface area contributed by atoms with Gasteiger partial charge in [-0.15, -0.1) is 0 Å². The van der Waals surface area contributed by atoms with E-state index in [9.17, 15) is 9.59 Å². The maximum absolute atomic E-state index is 12.5. The van der Waals surface area contributed by atoms with Crippen LogP contribution < -0.4 is 4.74 Å². The molecule has 6 nitrogen and oxygen atoms in total. The van der Waals surface area contributed by atoms with Crippen LogP contribution in [0.1, 0.15) is 44.8 Å². The van der Waals surface area contributed by atoms with Gasteiger partial charge in [-0.25, -0.2) is 9.48 Å². The van der Waals surface area contributed by atoms with Crippen LogP contribution in [0.3, 0.4) is 0 Å². The molecule has 3 aromatic rings. The lowest BCUT2D eigenvalue weighted by atomic mass is 9.90. The van der Waals surface area contributed by atoms with Crippen LogP contribution in [0.4, 0.5) is 0 Å². The molecule has 29 heavy (non-hydrogen) atoms. The number of fused-ring (bicyclic) bond motifs is 1. The topological polar surface area (TPSA) is 70.4 Å². The monoisotopic (exact) mass is 390 g/mol. The number of ether oxygens (including phenoxy) is 2. The minimum atomic E-state index is -0.692. The molecule has 1 aliphatic carbocycles. The minimum Gasteiger partial charge on any atom is -0.493 e. The number of ketones is 1. The maximum atomic E-state index is 12.5. The summed E-state index contributed by atoms with van der Waals surface area (Å²) in [6.07, 6.45) is 5.99. The van der Waals surface area contributed by atoms with Gasteiger partial charge in [0.25, 0.3) is 0 Å². The number of rotatable bonds is 6. The van der Waals surface area contributed by atoms with Gasteiger partial charge in [-0.05, 0) is 55.0 Å². The van der Waals surface area contributed by atoms with E-state index < -0.39 is 5.97 Å². The molecule has 0 saturated carbocycles. The Balaban J connectivity index is 1.46. The summed E-state index contributed by atoms with van der Waals surface area (Å²) in [6, 6.07) is 15.1. The van der Waals surface area contributed by atoms with Crippen LogP contribution in [-0.2, 0) is 17.6 Å². The summed E-state index contributed by atoms with van der Waals surface area (Å²) < 4.78 is 12.0. The Morgan fingerprint density at radius 2 is 1.79 bits per heavy atom. The fourth-order valence-electron chi connectivity index (χ4n) is 3.55. The van der Waals surface area contributed by atoms with Crippen molar-refractivity contribution in [3.05, 3.63) is 77.1 Å². The fourth-order valence-corrected chi connectivity index (χ4v) is 3.55. The number of nitrogens with zero attached hydrogens (tertiary/aromatic N) is 2. The highest BCUT2D eigenvalue weighted by molar-refractivity contribution is 5.99. The molecule has 1 heterocycles. The molecule has 1 aliphatic rings. The van der Waals surface area contributed by atoms with Crippen molar-refractivity contribution in [1.29, 1.82) is 0 Å². The second kappa shape index (κ2) is 8.31. The number of carbonyl (C=O) groups is 2. The van der Waals surface area contributed by atoms with Gasteiger partial charge >= 0.3 is 5.97 Å². The second-order valence-corrected chi connectivity index (χ2v) is 7.02. The lowest BCUT2D eigenvalue weighted by molar-refractivity contribution is 0.0465. The summed E-state index contributed by atoms with van der Waals surface area (Å²) in [5, 5.41) is 4.27. The van der Waals surface area contributed by atoms with Crippen molar-refractivity contribution in [3.63, 3.8) is 0 Å². The number of Topliss-reactive ketones (excluding diaryl/α,β-unsaturated/α-hetero) is 1. The Hall–Kier alpha value is -3.41. The first-order valence-corrected chi connectivity index (χ1v) is 9.67. The number of methoxy groups -OCH3 is 1. The molecule has 0 saturated heterocycles. The molecule has 0 spiro atoms. The molecule has 1 aromatic heterocycles. The van der Waals surface area contributed by atoms with Crippen molar-refractivity contribution in [3.8, 4) is 11.4 Å². The summed E-state index contributed by atoms with van der Waals surface area (Å²) in [7, 11) is 1.46. The molecule has 0 bridgehead atoms. The Morgan fingerprint density at radius 1 is 1.03 bits per heavy atom. The molecule has 0 unspecified atom stereocenters. The van der Waals surface area contributed by atoms with E-state index in [2.05, 4.69) is 5.10 Å². The van der Waals surface area contributed by atoms with E-state index >= 15 is 0 Å². The van der Waals surface area contributed by atoms with Crippen LogP contribution >= 0.6 is 0 Å². The highest BCUT2D eigenvalue weighted by Gasteiger charge is 2.21. The molecule has 6 heteroatoms. The van der Waals surface area contributed by atoms with Crippen LogP contribution in [0.15, 0.2) is 54.7 Å². The standard InChI is InChI=1S/C23H22N2O4/c1-28-21-14-25(19-9-3-2-4-10-19)24-22(21)23(27)29-15-20(26)18-12-11-16-7-5-6-8-17(16)13-18/h2-4,9-14H,5-8,15H2,1H3. The third kappa shape index (κ3) is 4.06. The van der Waals surface area contributed by atoms with Crippen LogP contribution in [0.2, 0.25) is 0 Å². The quantitative estimate of drug-likeness (QED) is 0.473. The van der Waals surface area contributed by atoms with Gasteiger partial charge in [0.1, 0.15) is 0 Å². The third-order valence-corrected chi connectivity index (χ3v) is 5.12. The van der Waals surface area contributed by atoms with Crippen LogP contribution in [-0.4, -0.2) is 35.2 Å². The SMILES string of the molecule is COc1cn(-c2ccccc2)nc1C(=O)OCC(=O)c1ccc2c(c1)CCCC2. The van der Waals surface area contributed by atoms with Crippen molar-refractivity contribution in [1.82, 2.24) is 9.78 Å². The summed E-state index contributed by atoms with van der Waals surface area (Å²) >= 11 is 0. The predicted octanol–water partition coefficient (Wildman–Crippen LogP) is 3.80. The summed E-state index contributed by atoms with van der Waals surface area (Å²) in [4.78, 5) is 25.0. The molecule has 0 aliphatic heterocycles. The van der Waals surface area contributed by atoms with Gasteiger partial charge in [0.2, 0.25) is 5.69 Å². The molecule has 0 radical (unpaired) electrons. The number of para-hydroxylation sites is 1. The molecule has 2 aromatic carbocycles. The van der Waals surface area contributed by atoms with E-state index in [1.54, 1.807) is 10.9 Å². The van der Waals surface area contributed by atoms with Gasteiger partial charge in [0, 0.05) is 5.56 Å². The molecule has 0 N–H and O–H groups in total. The van der Waals surface area contributed by atoms with Gasteiger partial charge in [0.15, 0.2) is 18.1 Å². The first-order valence-electron chi connectivity index (χ1n) is 9.67. The van der Waals surface area contributed by atoms with Crippen molar-refractivity contribution in [2.45, 2.75) is 25.7 Å².